The van der Waals surface area contributed by atoms with Gasteiger partial charge in [0.05, 0.1) is 28.8 Å². The number of fused-ring (bicyclic) bond motifs is 4. The summed E-state index contributed by atoms with van der Waals surface area (Å²) in [5, 5.41) is 19.8. The molecule has 0 saturated heterocycles. The highest BCUT2D eigenvalue weighted by molar-refractivity contribution is 9.10. The van der Waals surface area contributed by atoms with E-state index in [4.69, 9.17) is 15.1 Å². The van der Waals surface area contributed by atoms with Crippen LogP contribution < -0.4 is 10.2 Å². The SMILES string of the molecule is CCc1ccc(NC2=Nc3ccccc3N3C2=Nc2c(c(C)nn2-c2ccccc2)C3c2cc(Br)ccc2O)cc1. The van der Waals surface area contributed by atoms with Crippen LogP contribution in [0.1, 0.15) is 35.3 Å². The van der Waals surface area contributed by atoms with E-state index in [2.05, 4.69) is 57.3 Å². The molecular weight excluding hydrogens is 576 g/mol. The van der Waals surface area contributed by atoms with Gasteiger partial charge in [-0.15, -0.1) is 0 Å². The van der Waals surface area contributed by atoms with Crippen molar-refractivity contribution in [2.45, 2.75) is 26.3 Å². The number of nitrogens with zero attached hydrogens (tertiary/aromatic N) is 5. The van der Waals surface area contributed by atoms with Gasteiger partial charge in [0, 0.05) is 21.3 Å². The normalized spacial score (nSPS) is 15.4. The zero-order valence-electron chi connectivity index (χ0n) is 22.6. The van der Waals surface area contributed by atoms with Gasteiger partial charge in [0.25, 0.3) is 0 Å². The highest BCUT2D eigenvalue weighted by atomic mass is 79.9. The standard InChI is InChI=1S/C33H27BrN6O/c1-3-21-13-16-23(17-14-21)35-31-33-37-32-29(20(2)38-40(32)24-9-5-4-6-10-24)30(25-19-22(34)15-18-28(25)41)39(33)27-12-8-7-11-26(27)36-31/h4-19,30,41H,3H2,1-2H3,(H,35,36). The van der Waals surface area contributed by atoms with Gasteiger partial charge >= 0.3 is 0 Å². The number of rotatable bonds is 4. The summed E-state index contributed by atoms with van der Waals surface area (Å²) in [6.07, 6.45) is 0.971. The Labute approximate surface area is 246 Å². The Morgan fingerprint density at radius 1 is 0.902 bits per heavy atom. The first-order valence-corrected chi connectivity index (χ1v) is 14.4. The van der Waals surface area contributed by atoms with Crippen LogP contribution in [0, 0.1) is 6.92 Å². The Morgan fingerprint density at radius 2 is 1.66 bits per heavy atom. The van der Waals surface area contributed by atoms with Gasteiger partial charge in [0.1, 0.15) is 5.75 Å². The maximum atomic E-state index is 11.3. The van der Waals surface area contributed by atoms with Gasteiger partial charge in [0.15, 0.2) is 17.5 Å². The predicted molar refractivity (Wildman–Crippen MR) is 169 cm³/mol. The molecule has 1 unspecified atom stereocenters. The third-order valence-electron chi connectivity index (χ3n) is 7.55. The summed E-state index contributed by atoms with van der Waals surface area (Å²) in [7, 11) is 0. The monoisotopic (exact) mass is 602 g/mol. The Kier molecular flexibility index (Phi) is 6.20. The summed E-state index contributed by atoms with van der Waals surface area (Å²) in [6, 6.07) is 31.5. The minimum absolute atomic E-state index is 0.196. The summed E-state index contributed by atoms with van der Waals surface area (Å²) in [5.74, 6) is 2.18. The molecule has 0 saturated carbocycles. The van der Waals surface area contributed by atoms with Crippen LogP contribution in [0.2, 0.25) is 0 Å². The zero-order chi connectivity index (χ0) is 28.1. The summed E-state index contributed by atoms with van der Waals surface area (Å²) >= 11 is 3.63. The second kappa shape index (κ2) is 10.1. The molecule has 202 valence electrons. The van der Waals surface area contributed by atoms with Crippen LogP contribution >= 0.6 is 15.9 Å². The van der Waals surface area contributed by atoms with Gasteiger partial charge in [-0.25, -0.2) is 14.7 Å². The number of hydrogen-bond acceptors (Lipinski definition) is 6. The van der Waals surface area contributed by atoms with Crippen molar-refractivity contribution in [2.24, 2.45) is 9.98 Å². The van der Waals surface area contributed by atoms with Crippen LogP contribution in [-0.2, 0) is 6.42 Å². The molecule has 7 nitrogen and oxygen atoms in total. The van der Waals surface area contributed by atoms with E-state index < -0.39 is 6.04 Å². The van der Waals surface area contributed by atoms with Gasteiger partial charge in [-0.1, -0.05) is 65.3 Å². The van der Waals surface area contributed by atoms with Crippen LogP contribution in [0.3, 0.4) is 0 Å². The summed E-state index contributed by atoms with van der Waals surface area (Å²) in [4.78, 5) is 12.5. The number of aryl methyl sites for hydroxylation is 2. The quantitative estimate of drug-likeness (QED) is 0.218. The van der Waals surface area contributed by atoms with Gasteiger partial charge in [-0.05, 0) is 73.5 Å². The second-order valence-corrected chi connectivity index (χ2v) is 11.0. The molecule has 0 aliphatic carbocycles. The minimum Gasteiger partial charge on any atom is -0.508 e. The number of phenols is 1. The molecule has 0 spiro atoms. The van der Waals surface area contributed by atoms with E-state index in [1.54, 1.807) is 6.07 Å². The van der Waals surface area contributed by atoms with E-state index in [0.29, 0.717) is 17.5 Å². The maximum Gasteiger partial charge on any atom is 0.179 e. The number of phenolic OH excluding ortho intramolecular Hbond substituents is 1. The molecule has 0 radical (unpaired) electrons. The largest absolute Gasteiger partial charge is 0.508 e. The number of hydrogen-bond donors (Lipinski definition) is 2. The van der Waals surface area contributed by atoms with Crippen molar-refractivity contribution < 1.29 is 5.11 Å². The third kappa shape index (κ3) is 4.31. The predicted octanol–water partition coefficient (Wildman–Crippen LogP) is 8.01. The van der Waals surface area contributed by atoms with E-state index in [9.17, 15) is 5.11 Å². The lowest BCUT2D eigenvalue weighted by Gasteiger charge is -2.40. The lowest BCUT2D eigenvalue weighted by Crippen LogP contribution is -2.46. The van der Waals surface area contributed by atoms with Crippen LogP contribution in [0.5, 0.6) is 5.75 Å². The van der Waals surface area contributed by atoms with Crippen LogP contribution in [0.25, 0.3) is 5.69 Å². The molecule has 0 amide bonds. The van der Waals surface area contributed by atoms with Crippen LogP contribution in [0.4, 0.5) is 22.9 Å². The van der Waals surface area contributed by atoms with Crippen molar-refractivity contribution in [3.05, 3.63) is 124 Å². The number of anilines is 2. The number of para-hydroxylation sites is 3. The van der Waals surface area contributed by atoms with Gasteiger partial charge in [-0.3, -0.25) is 0 Å². The number of aromatic nitrogens is 2. The number of benzene rings is 4. The molecule has 1 atom stereocenters. The van der Waals surface area contributed by atoms with Crippen LogP contribution in [-0.4, -0.2) is 26.6 Å². The second-order valence-electron chi connectivity index (χ2n) is 10.1. The van der Waals surface area contributed by atoms with Crippen molar-refractivity contribution in [3.8, 4) is 11.4 Å². The molecule has 3 heterocycles. The minimum atomic E-state index is -0.414. The van der Waals surface area contributed by atoms with E-state index in [1.165, 1.54) is 5.56 Å². The molecule has 2 N–H and O–H groups in total. The lowest BCUT2D eigenvalue weighted by atomic mass is 9.92. The van der Waals surface area contributed by atoms with E-state index >= 15 is 0 Å². The zero-order valence-corrected chi connectivity index (χ0v) is 24.2. The van der Waals surface area contributed by atoms with Crippen molar-refractivity contribution in [2.75, 3.05) is 10.2 Å². The first-order chi connectivity index (χ1) is 20.0. The average Bonchev–Trinajstić information content (AvgIpc) is 3.34. The fourth-order valence-corrected chi connectivity index (χ4v) is 5.92. The van der Waals surface area contributed by atoms with E-state index in [-0.39, 0.29) is 5.75 Å². The smallest absolute Gasteiger partial charge is 0.179 e. The molecular formula is C33H27BrN6O. The van der Waals surface area contributed by atoms with Crippen molar-refractivity contribution >= 4 is 50.5 Å². The molecule has 8 heteroatoms. The fraction of sp³-hybridized carbons (Fsp3) is 0.121. The first kappa shape index (κ1) is 25.3. The van der Waals surface area contributed by atoms with Crippen molar-refractivity contribution in [3.63, 3.8) is 0 Å². The molecule has 0 fully saturated rings. The Balaban J connectivity index is 1.49. The first-order valence-electron chi connectivity index (χ1n) is 13.6. The summed E-state index contributed by atoms with van der Waals surface area (Å²) in [6.45, 7) is 4.14. The van der Waals surface area contributed by atoms with E-state index in [0.717, 1.165) is 50.5 Å². The van der Waals surface area contributed by atoms with Gasteiger partial charge in [-0.2, -0.15) is 5.10 Å². The fourth-order valence-electron chi connectivity index (χ4n) is 5.55. The number of amidine groups is 2. The summed E-state index contributed by atoms with van der Waals surface area (Å²) < 4.78 is 2.75. The average molecular weight is 604 g/mol. The molecule has 0 bridgehead atoms. The van der Waals surface area contributed by atoms with E-state index in [1.807, 2.05) is 78.3 Å². The lowest BCUT2D eigenvalue weighted by molar-refractivity contribution is 0.465. The highest BCUT2D eigenvalue weighted by Crippen LogP contribution is 2.50. The molecule has 5 aromatic rings. The number of halogens is 1. The number of nitrogens with one attached hydrogen (secondary N) is 1. The maximum absolute atomic E-state index is 11.3. The molecule has 4 aromatic carbocycles. The van der Waals surface area contributed by atoms with Crippen LogP contribution in [0.15, 0.2) is 112 Å². The van der Waals surface area contributed by atoms with Gasteiger partial charge in [0.2, 0.25) is 0 Å². The van der Waals surface area contributed by atoms with Crippen molar-refractivity contribution in [1.29, 1.82) is 0 Å². The van der Waals surface area contributed by atoms with Crippen molar-refractivity contribution in [1.82, 2.24) is 9.78 Å². The molecule has 2 aliphatic rings. The number of aromatic hydroxyl groups is 1. The third-order valence-corrected chi connectivity index (χ3v) is 8.04. The molecule has 7 rings (SSSR count). The Bertz CT molecular complexity index is 1840. The molecule has 1 aromatic heterocycles. The molecule has 2 aliphatic heterocycles. The Hall–Kier alpha value is -4.69. The Morgan fingerprint density at radius 3 is 2.44 bits per heavy atom. The summed E-state index contributed by atoms with van der Waals surface area (Å²) in [5.41, 5.74) is 7.31. The molecule has 41 heavy (non-hydrogen) atoms. The highest BCUT2D eigenvalue weighted by Gasteiger charge is 2.42. The number of aliphatic imine (C=N–C) groups is 2. The van der Waals surface area contributed by atoms with Gasteiger partial charge < -0.3 is 15.3 Å². The topological polar surface area (TPSA) is 78.0 Å².